The second kappa shape index (κ2) is 6.05. The van der Waals surface area contributed by atoms with Gasteiger partial charge in [-0.1, -0.05) is 30.8 Å². The Labute approximate surface area is 176 Å². The maximum atomic E-state index is 5.73. The van der Waals surface area contributed by atoms with E-state index in [2.05, 4.69) is 78.7 Å². The number of hydrogen-bond acceptors (Lipinski definition) is 4. The monoisotopic (exact) mass is 401 g/mol. The van der Waals surface area contributed by atoms with Crippen molar-refractivity contribution in [1.82, 2.24) is 14.8 Å². The second-order valence-corrected chi connectivity index (χ2v) is 9.11. The average molecular weight is 402 g/mol. The van der Waals surface area contributed by atoms with Gasteiger partial charge in [0.1, 0.15) is 0 Å². The van der Waals surface area contributed by atoms with E-state index in [0.717, 1.165) is 24.5 Å². The summed E-state index contributed by atoms with van der Waals surface area (Å²) < 4.78 is 11.3. The van der Waals surface area contributed by atoms with Gasteiger partial charge in [0.15, 0.2) is 11.5 Å². The van der Waals surface area contributed by atoms with Gasteiger partial charge in [-0.15, -0.1) is 0 Å². The number of nitrogens with zero attached hydrogens (tertiary/aromatic N) is 2. The third-order valence-electron chi connectivity index (χ3n) is 7.30. The molecule has 3 atom stereocenters. The summed E-state index contributed by atoms with van der Waals surface area (Å²) in [5.74, 6) is 1.66. The van der Waals surface area contributed by atoms with Crippen LogP contribution in [0, 0.1) is 0 Å². The van der Waals surface area contributed by atoms with E-state index in [-0.39, 0.29) is 11.6 Å². The molecule has 30 heavy (non-hydrogen) atoms. The molecule has 2 aromatic carbocycles. The Hall–Kier alpha value is -2.92. The Morgan fingerprint density at radius 1 is 1.13 bits per heavy atom. The number of aromatic nitrogens is 1. The van der Waals surface area contributed by atoms with Gasteiger partial charge >= 0.3 is 0 Å². The molecule has 5 heteroatoms. The standard InChI is InChI=1S/C25H27N3O2/c1-15-13-27(4)16(2)25(3)12-19-18-7-5-6-8-20(18)26-23(19)24(28(15)25)17-9-10-21-22(11-17)30-14-29-21/h5-11,15,24,26H,2,12-14H2,1,3-4H3/t15?,24-,25-/m1/s1. The minimum Gasteiger partial charge on any atom is -0.454 e. The number of fused-ring (bicyclic) bond motifs is 5. The highest BCUT2D eigenvalue weighted by Crippen LogP contribution is 2.51. The summed E-state index contributed by atoms with van der Waals surface area (Å²) in [4.78, 5) is 8.76. The number of nitrogens with one attached hydrogen (secondary N) is 1. The Kier molecular flexibility index (Phi) is 3.61. The highest BCUT2D eigenvalue weighted by molar-refractivity contribution is 5.85. The van der Waals surface area contributed by atoms with Crippen LogP contribution in [0.5, 0.6) is 11.5 Å². The van der Waals surface area contributed by atoms with E-state index in [1.807, 2.05) is 6.07 Å². The highest BCUT2D eigenvalue weighted by Gasteiger charge is 2.51. The zero-order chi connectivity index (χ0) is 20.6. The van der Waals surface area contributed by atoms with Crippen LogP contribution in [0.15, 0.2) is 54.7 Å². The summed E-state index contributed by atoms with van der Waals surface area (Å²) in [7, 11) is 2.17. The molecule has 0 aliphatic carbocycles. The van der Waals surface area contributed by atoms with Gasteiger partial charge in [-0.25, -0.2) is 0 Å². The van der Waals surface area contributed by atoms with Gasteiger partial charge in [0.25, 0.3) is 0 Å². The summed E-state index contributed by atoms with van der Waals surface area (Å²) in [6, 6.07) is 15.5. The maximum absolute atomic E-state index is 5.73. The Morgan fingerprint density at radius 2 is 1.93 bits per heavy atom. The van der Waals surface area contributed by atoms with Gasteiger partial charge in [0.2, 0.25) is 6.79 Å². The lowest BCUT2D eigenvalue weighted by Gasteiger charge is -2.58. The minimum absolute atomic E-state index is 0.0982. The summed E-state index contributed by atoms with van der Waals surface area (Å²) in [6.45, 7) is 10.5. The lowest BCUT2D eigenvalue weighted by molar-refractivity contribution is -0.0158. The van der Waals surface area contributed by atoms with Crippen molar-refractivity contribution in [2.45, 2.75) is 37.9 Å². The molecule has 1 N–H and O–H groups in total. The average Bonchev–Trinajstić information content (AvgIpc) is 3.34. The van der Waals surface area contributed by atoms with Crippen molar-refractivity contribution in [3.8, 4) is 11.5 Å². The van der Waals surface area contributed by atoms with Crippen LogP contribution in [0.4, 0.5) is 0 Å². The SMILES string of the molecule is C=C1N(C)CC(C)N2[C@H](c3ccc4c(c3)OCO4)c3[nH]c4ccccc4c3C[C@]12C. The van der Waals surface area contributed by atoms with E-state index in [4.69, 9.17) is 9.47 Å². The van der Waals surface area contributed by atoms with Gasteiger partial charge < -0.3 is 19.4 Å². The Bertz CT molecular complexity index is 1180. The molecule has 5 nitrogen and oxygen atoms in total. The van der Waals surface area contributed by atoms with Crippen LogP contribution in [0.2, 0.25) is 0 Å². The van der Waals surface area contributed by atoms with E-state index in [9.17, 15) is 0 Å². The van der Waals surface area contributed by atoms with Crippen molar-refractivity contribution >= 4 is 10.9 Å². The first-order chi connectivity index (χ1) is 14.5. The molecule has 0 radical (unpaired) electrons. The molecule has 0 spiro atoms. The third kappa shape index (κ3) is 2.27. The van der Waals surface area contributed by atoms with Crippen LogP contribution < -0.4 is 9.47 Å². The zero-order valence-electron chi connectivity index (χ0n) is 17.7. The predicted octanol–water partition coefficient (Wildman–Crippen LogP) is 4.45. The lowest BCUT2D eigenvalue weighted by Crippen LogP contribution is -2.65. The fourth-order valence-corrected chi connectivity index (χ4v) is 5.91. The van der Waals surface area contributed by atoms with Crippen LogP contribution in [-0.2, 0) is 6.42 Å². The topological polar surface area (TPSA) is 40.7 Å². The van der Waals surface area contributed by atoms with Crippen molar-refractivity contribution in [3.05, 3.63) is 71.6 Å². The van der Waals surface area contributed by atoms with Crippen molar-refractivity contribution in [3.63, 3.8) is 0 Å². The first kappa shape index (κ1) is 17.9. The number of ether oxygens (including phenoxy) is 2. The smallest absolute Gasteiger partial charge is 0.231 e. The molecule has 0 saturated carbocycles. The fraction of sp³-hybridized carbons (Fsp3) is 0.360. The molecule has 1 saturated heterocycles. The number of hydrogen-bond donors (Lipinski definition) is 1. The molecule has 3 aromatic rings. The normalized spacial score (nSPS) is 28.0. The predicted molar refractivity (Wildman–Crippen MR) is 118 cm³/mol. The molecule has 0 amide bonds. The van der Waals surface area contributed by atoms with Crippen LogP contribution in [0.25, 0.3) is 10.9 Å². The number of aromatic amines is 1. The van der Waals surface area contributed by atoms with E-state index in [0.29, 0.717) is 12.8 Å². The first-order valence-electron chi connectivity index (χ1n) is 10.7. The number of piperazine rings is 1. The fourth-order valence-electron chi connectivity index (χ4n) is 5.91. The van der Waals surface area contributed by atoms with Crippen molar-refractivity contribution in [2.75, 3.05) is 20.4 Å². The molecular formula is C25H27N3O2. The third-order valence-corrected chi connectivity index (χ3v) is 7.30. The number of H-pyrrole nitrogens is 1. The number of likely N-dealkylation sites (N-methyl/N-ethyl adjacent to an activating group) is 1. The molecule has 154 valence electrons. The number of benzene rings is 2. The zero-order valence-corrected chi connectivity index (χ0v) is 17.7. The van der Waals surface area contributed by atoms with E-state index < -0.39 is 0 Å². The molecule has 3 aliphatic heterocycles. The van der Waals surface area contributed by atoms with E-state index >= 15 is 0 Å². The molecule has 6 rings (SSSR count). The van der Waals surface area contributed by atoms with Crippen molar-refractivity contribution in [2.24, 2.45) is 0 Å². The number of rotatable bonds is 1. The van der Waals surface area contributed by atoms with Gasteiger partial charge in [0, 0.05) is 41.9 Å². The quantitative estimate of drug-likeness (QED) is 0.654. The Balaban J connectivity index is 1.62. The summed E-state index contributed by atoms with van der Waals surface area (Å²) in [6.07, 6.45) is 0.945. The van der Waals surface area contributed by atoms with Crippen molar-refractivity contribution < 1.29 is 9.47 Å². The molecule has 1 unspecified atom stereocenters. The maximum Gasteiger partial charge on any atom is 0.231 e. The highest BCUT2D eigenvalue weighted by atomic mass is 16.7. The number of para-hydroxylation sites is 1. The Morgan fingerprint density at radius 3 is 2.80 bits per heavy atom. The molecule has 1 aromatic heterocycles. The lowest BCUT2D eigenvalue weighted by atomic mass is 9.75. The molecule has 3 aliphatic rings. The first-order valence-corrected chi connectivity index (χ1v) is 10.7. The molecule has 4 heterocycles. The molecule has 0 bridgehead atoms. The molecule has 1 fully saturated rings. The van der Waals surface area contributed by atoms with Crippen LogP contribution in [-0.4, -0.2) is 46.7 Å². The van der Waals surface area contributed by atoms with Crippen LogP contribution in [0.3, 0.4) is 0 Å². The minimum atomic E-state index is -0.161. The van der Waals surface area contributed by atoms with Crippen molar-refractivity contribution in [1.29, 1.82) is 0 Å². The summed E-state index contributed by atoms with van der Waals surface area (Å²) in [5, 5.41) is 1.31. The van der Waals surface area contributed by atoms with Crippen LogP contribution >= 0.6 is 0 Å². The van der Waals surface area contributed by atoms with Crippen LogP contribution in [0.1, 0.15) is 36.7 Å². The molecular weight excluding hydrogens is 374 g/mol. The van der Waals surface area contributed by atoms with Gasteiger partial charge in [0.05, 0.1) is 11.6 Å². The van der Waals surface area contributed by atoms with E-state index in [1.54, 1.807) is 0 Å². The van der Waals surface area contributed by atoms with Gasteiger partial charge in [-0.2, -0.15) is 0 Å². The second-order valence-electron chi connectivity index (χ2n) is 9.11. The van der Waals surface area contributed by atoms with Gasteiger partial charge in [-0.05, 0) is 49.6 Å². The van der Waals surface area contributed by atoms with Gasteiger partial charge in [-0.3, -0.25) is 4.90 Å². The van der Waals surface area contributed by atoms with E-state index in [1.165, 1.54) is 33.4 Å². The summed E-state index contributed by atoms with van der Waals surface area (Å²) >= 11 is 0. The summed E-state index contributed by atoms with van der Waals surface area (Å²) in [5.41, 5.74) is 6.13. The largest absolute Gasteiger partial charge is 0.454 e.